The Morgan fingerprint density at radius 2 is 2.00 bits per heavy atom. The zero-order chi connectivity index (χ0) is 14.9. The molecular formula is C18H26ClN3O. The molecule has 1 aromatic rings. The summed E-state index contributed by atoms with van der Waals surface area (Å²) in [4.78, 5) is 17.2. The van der Waals surface area contributed by atoms with Gasteiger partial charge < -0.3 is 10.2 Å². The number of aryl methyl sites for hydroxylation is 1. The quantitative estimate of drug-likeness (QED) is 0.897. The Hall–Kier alpha value is -1.10. The molecule has 0 aliphatic carbocycles. The second-order valence-corrected chi connectivity index (χ2v) is 6.98. The number of para-hydroxylation sites is 1. The van der Waals surface area contributed by atoms with Gasteiger partial charge in [-0.15, -0.1) is 12.4 Å². The Labute approximate surface area is 144 Å². The largest absolute Gasteiger partial charge is 0.316 e. The minimum atomic E-state index is 0. The fourth-order valence-electron chi connectivity index (χ4n) is 4.32. The molecule has 5 heteroatoms. The average Bonchev–Trinajstić information content (AvgIpc) is 3.02. The molecule has 0 bridgehead atoms. The highest BCUT2D eigenvalue weighted by Gasteiger charge is 2.34. The first-order valence-corrected chi connectivity index (χ1v) is 8.62. The summed E-state index contributed by atoms with van der Waals surface area (Å²) < 4.78 is 0. The molecule has 1 aromatic carbocycles. The van der Waals surface area contributed by atoms with Gasteiger partial charge in [0.15, 0.2) is 0 Å². The molecule has 2 atom stereocenters. The van der Waals surface area contributed by atoms with Gasteiger partial charge in [-0.1, -0.05) is 18.2 Å². The summed E-state index contributed by atoms with van der Waals surface area (Å²) in [5, 5.41) is 3.49. The van der Waals surface area contributed by atoms with Crippen molar-refractivity contribution in [3.05, 3.63) is 29.8 Å². The van der Waals surface area contributed by atoms with Crippen LogP contribution in [-0.4, -0.2) is 50.1 Å². The summed E-state index contributed by atoms with van der Waals surface area (Å²) in [5.41, 5.74) is 2.46. The molecule has 4 rings (SSSR count). The SMILES string of the molecule is Cl.O=C(CN1CCC2CNCC2C1)N1CCCc2ccccc21. The molecule has 3 aliphatic rings. The van der Waals surface area contributed by atoms with E-state index in [1.54, 1.807) is 0 Å². The minimum absolute atomic E-state index is 0. The second-order valence-electron chi connectivity index (χ2n) is 6.98. The average molecular weight is 336 g/mol. The Morgan fingerprint density at radius 3 is 2.91 bits per heavy atom. The Balaban J connectivity index is 0.00000156. The van der Waals surface area contributed by atoms with Crippen molar-refractivity contribution >= 4 is 24.0 Å². The van der Waals surface area contributed by atoms with Gasteiger partial charge in [-0.3, -0.25) is 9.69 Å². The number of carbonyl (C=O) groups excluding carboxylic acids is 1. The standard InChI is InChI=1S/C18H25N3O.ClH/c22-18(13-20-9-7-15-10-19-11-16(15)12-20)21-8-3-5-14-4-1-2-6-17(14)21;/h1-2,4,6,15-16,19H,3,5,7-13H2;1H. The van der Waals surface area contributed by atoms with E-state index in [2.05, 4.69) is 28.4 Å². The first-order valence-electron chi connectivity index (χ1n) is 8.62. The third kappa shape index (κ3) is 3.39. The Morgan fingerprint density at radius 1 is 1.17 bits per heavy atom. The predicted molar refractivity (Wildman–Crippen MR) is 95.3 cm³/mol. The van der Waals surface area contributed by atoms with Crippen LogP contribution in [-0.2, 0) is 11.2 Å². The third-order valence-corrected chi connectivity index (χ3v) is 5.56. The van der Waals surface area contributed by atoms with Crippen LogP contribution in [0, 0.1) is 11.8 Å². The zero-order valence-corrected chi connectivity index (χ0v) is 14.4. The van der Waals surface area contributed by atoms with E-state index in [4.69, 9.17) is 0 Å². The number of fused-ring (bicyclic) bond motifs is 2. The van der Waals surface area contributed by atoms with E-state index in [9.17, 15) is 4.79 Å². The van der Waals surface area contributed by atoms with E-state index >= 15 is 0 Å². The van der Waals surface area contributed by atoms with E-state index < -0.39 is 0 Å². The van der Waals surface area contributed by atoms with Crippen LogP contribution in [0.1, 0.15) is 18.4 Å². The summed E-state index contributed by atoms with van der Waals surface area (Å²) >= 11 is 0. The van der Waals surface area contributed by atoms with Crippen molar-refractivity contribution in [3.8, 4) is 0 Å². The third-order valence-electron chi connectivity index (χ3n) is 5.56. The Bertz CT molecular complexity index is 565. The molecule has 3 aliphatic heterocycles. The number of nitrogens with one attached hydrogen (secondary N) is 1. The lowest BCUT2D eigenvalue weighted by Crippen LogP contribution is -2.47. The molecule has 1 amide bonds. The van der Waals surface area contributed by atoms with E-state index in [1.165, 1.54) is 18.5 Å². The molecule has 2 saturated heterocycles. The monoisotopic (exact) mass is 335 g/mol. The van der Waals surface area contributed by atoms with Crippen LogP contribution in [0.3, 0.4) is 0 Å². The van der Waals surface area contributed by atoms with E-state index in [-0.39, 0.29) is 18.3 Å². The van der Waals surface area contributed by atoms with Crippen molar-refractivity contribution in [3.63, 3.8) is 0 Å². The van der Waals surface area contributed by atoms with Gasteiger partial charge in [-0.05, 0) is 62.4 Å². The first kappa shape index (κ1) is 16.7. The molecule has 3 heterocycles. The highest BCUT2D eigenvalue weighted by Crippen LogP contribution is 2.29. The molecule has 0 spiro atoms. The van der Waals surface area contributed by atoms with Crippen molar-refractivity contribution in [2.75, 3.05) is 44.2 Å². The fourth-order valence-corrected chi connectivity index (χ4v) is 4.32. The number of carbonyl (C=O) groups is 1. The van der Waals surface area contributed by atoms with Gasteiger partial charge in [-0.25, -0.2) is 0 Å². The molecule has 2 unspecified atom stereocenters. The highest BCUT2D eigenvalue weighted by atomic mass is 35.5. The van der Waals surface area contributed by atoms with Crippen LogP contribution in [0.15, 0.2) is 24.3 Å². The molecule has 4 nitrogen and oxygen atoms in total. The number of nitrogens with zero attached hydrogens (tertiary/aromatic N) is 2. The summed E-state index contributed by atoms with van der Waals surface area (Å²) in [6.45, 7) is 5.91. The normalized spacial score (nSPS) is 27.0. The Kier molecular flexibility index (Phi) is 5.24. The van der Waals surface area contributed by atoms with Crippen molar-refractivity contribution in [1.82, 2.24) is 10.2 Å². The lowest BCUT2D eigenvalue weighted by molar-refractivity contribution is -0.120. The maximum atomic E-state index is 12.8. The summed E-state index contributed by atoms with van der Waals surface area (Å²) in [6, 6.07) is 8.37. The van der Waals surface area contributed by atoms with Gasteiger partial charge in [0, 0.05) is 18.8 Å². The van der Waals surface area contributed by atoms with Crippen molar-refractivity contribution in [2.24, 2.45) is 11.8 Å². The molecule has 0 aromatic heterocycles. The van der Waals surface area contributed by atoms with Crippen LogP contribution in [0.2, 0.25) is 0 Å². The number of rotatable bonds is 2. The van der Waals surface area contributed by atoms with Crippen LogP contribution in [0.25, 0.3) is 0 Å². The van der Waals surface area contributed by atoms with E-state index in [1.807, 2.05) is 11.0 Å². The fraction of sp³-hybridized carbons (Fsp3) is 0.611. The zero-order valence-electron chi connectivity index (χ0n) is 13.5. The molecule has 0 radical (unpaired) electrons. The van der Waals surface area contributed by atoms with E-state index in [0.717, 1.165) is 56.5 Å². The minimum Gasteiger partial charge on any atom is -0.316 e. The number of halogens is 1. The number of hydrogen-bond donors (Lipinski definition) is 1. The number of likely N-dealkylation sites (tertiary alicyclic amines) is 1. The second kappa shape index (κ2) is 7.20. The number of anilines is 1. The van der Waals surface area contributed by atoms with Crippen LogP contribution >= 0.6 is 12.4 Å². The molecule has 23 heavy (non-hydrogen) atoms. The first-order chi connectivity index (χ1) is 10.8. The summed E-state index contributed by atoms with van der Waals surface area (Å²) in [6.07, 6.45) is 3.41. The smallest absolute Gasteiger partial charge is 0.241 e. The summed E-state index contributed by atoms with van der Waals surface area (Å²) in [7, 11) is 0. The van der Waals surface area contributed by atoms with Gasteiger partial charge in [0.05, 0.1) is 6.54 Å². The topological polar surface area (TPSA) is 35.6 Å². The van der Waals surface area contributed by atoms with Crippen molar-refractivity contribution in [2.45, 2.75) is 19.3 Å². The molecule has 2 fully saturated rings. The lowest BCUT2D eigenvalue weighted by Gasteiger charge is -2.36. The van der Waals surface area contributed by atoms with Gasteiger partial charge in [0.2, 0.25) is 5.91 Å². The van der Waals surface area contributed by atoms with Gasteiger partial charge >= 0.3 is 0 Å². The van der Waals surface area contributed by atoms with Gasteiger partial charge in [-0.2, -0.15) is 0 Å². The lowest BCUT2D eigenvalue weighted by atomic mass is 9.89. The van der Waals surface area contributed by atoms with Crippen molar-refractivity contribution < 1.29 is 4.79 Å². The van der Waals surface area contributed by atoms with Crippen LogP contribution in [0.4, 0.5) is 5.69 Å². The highest BCUT2D eigenvalue weighted by molar-refractivity contribution is 5.95. The van der Waals surface area contributed by atoms with Gasteiger partial charge in [0.25, 0.3) is 0 Å². The van der Waals surface area contributed by atoms with Gasteiger partial charge in [0.1, 0.15) is 0 Å². The number of hydrogen-bond acceptors (Lipinski definition) is 3. The summed E-state index contributed by atoms with van der Waals surface area (Å²) in [5.74, 6) is 1.86. The molecule has 126 valence electrons. The van der Waals surface area contributed by atoms with Crippen LogP contribution < -0.4 is 10.2 Å². The molecule has 0 saturated carbocycles. The maximum absolute atomic E-state index is 12.8. The predicted octanol–water partition coefficient (Wildman–Crippen LogP) is 1.93. The molecule has 1 N–H and O–H groups in total. The number of amides is 1. The van der Waals surface area contributed by atoms with E-state index in [0.29, 0.717) is 6.54 Å². The maximum Gasteiger partial charge on any atom is 0.241 e. The number of benzene rings is 1. The van der Waals surface area contributed by atoms with Crippen molar-refractivity contribution in [1.29, 1.82) is 0 Å². The molecular weight excluding hydrogens is 310 g/mol. The van der Waals surface area contributed by atoms with Crippen LogP contribution in [0.5, 0.6) is 0 Å². The number of piperidine rings is 1.